The SMILES string of the molecule is CNC(=O)CCCn1ccn(C(C)C)c1=O. The van der Waals surface area contributed by atoms with Gasteiger partial charge in [-0.05, 0) is 20.3 Å². The molecule has 0 aliphatic heterocycles. The number of aromatic nitrogens is 2. The van der Waals surface area contributed by atoms with E-state index in [0.29, 0.717) is 19.4 Å². The van der Waals surface area contributed by atoms with Crippen molar-refractivity contribution >= 4 is 5.91 Å². The lowest BCUT2D eigenvalue weighted by Gasteiger charge is -2.04. The van der Waals surface area contributed by atoms with Gasteiger partial charge < -0.3 is 5.32 Å². The molecule has 0 spiro atoms. The van der Waals surface area contributed by atoms with Crippen molar-refractivity contribution in [2.24, 2.45) is 0 Å². The van der Waals surface area contributed by atoms with Crippen molar-refractivity contribution in [3.63, 3.8) is 0 Å². The van der Waals surface area contributed by atoms with Gasteiger partial charge in [0, 0.05) is 38.4 Å². The van der Waals surface area contributed by atoms with Crippen LogP contribution in [0.3, 0.4) is 0 Å². The molecule has 90 valence electrons. The van der Waals surface area contributed by atoms with Crippen molar-refractivity contribution in [3.05, 3.63) is 22.9 Å². The predicted octanol–water partition coefficient (Wildman–Crippen LogP) is 0.757. The van der Waals surface area contributed by atoms with Crippen molar-refractivity contribution < 1.29 is 4.79 Å². The van der Waals surface area contributed by atoms with E-state index in [9.17, 15) is 9.59 Å². The van der Waals surface area contributed by atoms with Crippen molar-refractivity contribution in [1.29, 1.82) is 0 Å². The Kier molecular flexibility index (Phi) is 4.34. The number of nitrogens with one attached hydrogen (secondary N) is 1. The molecular formula is C11H19N3O2. The molecule has 0 unspecified atom stereocenters. The third kappa shape index (κ3) is 2.98. The molecule has 0 saturated carbocycles. The topological polar surface area (TPSA) is 56.0 Å². The van der Waals surface area contributed by atoms with Crippen LogP contribution < -0.4 is 11.0 Å². The quantitative estimate of drug-likeness (QED) is 0.804. The Morgan fingerprint density at radius 3 is 2.62 bits per heavy atom. The molecule has 5 heteroatoms. The number of hydrogen-bond acceptors (Lipinski definition) is 2. The van der Waals surface area contributed by atoms with Gasteiger partial charge in [-0.25, -0.2) is 4.79 Å². The summed E-state index contributed by atoms with van der Waals surface area (Å²) in [6.07, 6.45) is 4.69. The maximum atomic E-state index is 11.8. The first-order chi connectivity index (χ1) is 7.56. The second-order valence-corrected chi connectivity index (χ2v) is 4.05. The minimum absolute atomic E-state index is 0.00749. The highest BCUT2D eigenvalue weighted by Crippen LogP contribution is 2.00. The fraction of sp³-hybridized carbons (Fsp3) is 0.636. The maximum absolute atomic E-state index is 11.8. The van der Waals surface area contributed by atoms with Gasteiger partial charge in [-0.2, -0.15) is 0 Å². The molecule has 5 nitrogen and oxygen atoms in total. The standard InChI is InChI=1S/C11H19N3O2/c1-9(2)14-8-7-13(11(14)16)6-4-5-10(15)12-3/h7-9H,4-6H2,1-3H3,(H,12,15). The number of carbonyl (C=O) groups excluding carboxylic acids is 1. The van der Waals surface area contributed by atoms with Gasteiger partial charge in [-0.3, -0.25) is 13.9 Å². The molecular weight excluding hydrogens is 206 g/mol. The van der Waals surface area contributed by atoms with E-state index in [4.69, 9.17) is 0 Å². The zero-order chi connectivity index (χ0) is 12.1. The van der Waals surface area contributed by atoms with Gasteiger partial charge in [0.05, 0.1) is 0 Å². The number of hydrogen-bond donors (Lipinski definition) is 1. The zero-order valence-corrected chi connectivity index (χ0v) is 10.1. The van der Waals surface area contributed by atoms with Gasteiger partial charge in [-0.15, -0.1) is 0 Å². The monoisotopic (exact) mass is 225 g/mol. The third-order valence-corrected chi connectivity index (χ3v) is 2.51. The van der Waals surface area contributed by atoms with Gasteiger partial charge in [0.1, 0.15) is 0 Å². The van der Waals surface area contributed by atoms with Crippen molar-refractivity contribution in [2.75, 3.05) is 7.05 Å². The van der Waals surface area contributed by atoms with Crippen LogP contribution in [0.1, 0.15) is 32.7 Å². The van der Waals surface area contributed by atoms with Crippen LogP contribution in [-0.4, -0.2) is 22.1 Å². The molecule has 0 saturated heterocycles. The summed E-state index contributed by atoms with van der Waals surface area (Å²) in [5.41, 5.74) is -0.00749. The summed E-state index contributed by atoms with van der Waals surface area (Å²) in [7, 11) is 1.61. The van der Waals surface area contributed by atoms with E-state index < -0.39 is 0 Å². The first kappa shape index (κ1) is 12.5. The molecule has 1 amide bonds. The van der Waals surface area contributed by atoms with Crippen LogP contribution in [-0.2, 0) is 11.3 Å². The summed E-state index contributed by atoms with van der Waals surface area (Å²) in [5.74, 6) is 0.0105. The lowest BCUT2D eigenvalue weighted by atomic mass is 10.3. The Hall–Kier alpha value is -1.52. The van der Waals surface area contributed by atoms with Crippen LogP contribution in [0.2, 0.25) is 0 Å². The number of aryl methyl sites for hydroxylation is 1. The Morgan fingerprint density at radius 2 is 2.12 bits per heavy atom. The van der Waals surface area contributed by atoms with E-state index in [1.165, 1.54) is 0 Å². The normalized spacial score (nSPS) is 10.8. The minimum Gasteiger partial charge on any atom is -0.359 e. The Labute approximate surface area is 95.1 Å². The molecule has 1 aromatic heterocycles. The highest BCUT2D eigenvalue weighted by atomic mass is 16.2. The molecule has 1 heterocycles. The molecule has 1 aromatic rings. The molecule has 0 aromatic carbocycles. The van der Waals surface area contributed by atoms with Crippen LogP contribution in [0.4, 0.5) is 0 Å². The van der Waals surface area contributed by atoms with Gasteiger partial charge in [0.15, 0.2) is 0 Å². The second kappa shape index (κ2) is 5.53. The summed E-state index contributed by atoms with van der Waals surface area (Å²) in [6.45, 7) is 4.53. The highest BCUT2D eigenvalue weighted by molar-refractivity contribution is 5.75. The van der Waals surface area contributed by atoms with E-state index in [0.717, 1.165) is 0 Å². The number of rotatable bonds is 5. The molecule has 0 aliphatic rings. The van der Waals surface area contributed by atoms with E-state index in [2.05, 4.69) is 5.32 Å². The maximum Gasteiger partial charge on any atom is 0.328 e. The van der Waals surface area contributed by atoms with Crippen LogP contribution in [0.25, 0.3) is 0 Å². The fourth-order valence-corrected chi connectivity index (χ4v) is 1.53. The van der Waals surface area contributed by atoms with E-state index >= 15 is 0 Å². The van der Waals surface area contributed by atoms with E-state index in [1.54, 1.807) is 28.6 Å². The Balaban J connectivity index is 2.55. The molecule has 0 radical (unpaired) electrons. The number of carbonyl (C=O) groups is 1. The van der Waals surface area contributed by atoms with Crippen LogP contribution in [0.15, 0.2) is 17.2 Å². The van der Waals surface area contributed by atoms with Gasteiger partial charge in [0.2, 0.25) is 5.91 Å². The summed E-state index contributed by atoms with van der Waals surface area (Å²) < 4.78 is 3.32. The second-order valence-electron chi connectivity index (χ2n) is 4.05. The smallest absolute Gasteiger partial charge is 0.328 e. The third-order valence-electron chi connectivity index (χ3n) is 2.51. The Bertz CT molecular complexity index is 404. The predicted molar refractivity (Wildman–Crippen MR) is 62.4 cm³/mol. The Morgan fingerprint density at radius 1 is 1.44 bits per heavy atom. The van der Waals surface area contributed by atoms with Crippen molar-refractivity contribution in [2.45, 2.75) is 39.3 Å². The average Bonchev–Trinajstić information content (AvgIpc) is 2.60. The number of imidazole rings is 1. The molecule has 1 N–H and O–H groups in total. The first-order valence-corrected chi connectivity index (χ1v) is 5.54. The highest BCUT2D eigenvalue weighted by Gasteiger charge is 2.06. The summed E-state index contributed by atoms with van der Waals surface area (Å²) >= 11 is 0. The molecule has 0 atom stereocenters. The fourth-order valence-electron chi connectivity index (χ4n) is 1.53. The van der Waals surface area contributed by atoms with Crippen LogP contribution in [0.5, 0.6) is 0 Å². The number of nitrogens with zero attached hydrogens (tertiary/aromatic N) is 2. The largest absolute Gasteiger partial charge is 0.359 e. The van der Waals surface area contributed by atoms with Crippen molar-refractivity contribution in [3.8, 4) is 0 Å². The molecule has 16 heavy (non-hydrogen) atoms. The molecule has 1 rings (SSSR count). The molecule has 0 bridgehead atoms. The lowest BCUT2D eigenvalue weighted by Crippen LogP contribution is -2.26. The van der Waals surface area contributed by atoms with Crippen molar-refractivity contribution in [1.82, 2.24) is 14.5 Å². The summed E-state index contributed by atoms with van der Waals surface area (Å²) in [6, 6.07) is 0.174. The summed E-state index contributed by atoms with van der Waals surface area (Å²) in [4.78, 5) is 22.8. The first-order valence-electron chi connectivity index (χ1n) is 5.54. The summed E-state index contributed by atoms with van der Waals surface area (Å²) in [5, 5.41) is 2.56. The van der Waals surface area contributed by atoms with Gasteiger partial charge >= 0.3 is 5.69 Å². The van der Waals surface area contributed by atoms with Gasteiger partial charge in [-0.1, -0.05) is 0 Å². The van der Waals surface area contributed by atoms with Crippen LogP contribution >= 0.6 is 0 Å². The van der Waals surface area contributed by atoms with E-state index in [-0.39, 0.29) is 17.6 Å². The van der Waals surface area contributed by atoms with Crippen LogP contribution in [0, 0.1) is 0 Å². The van der Waals surface area contributed by atoms with E-state index in [1.807, 2.05) is 13.8 Å². The molecule has 0 fully saturated rings. The minimum atomic E-state index is -0.00749. The van der Waals surface area contributed by atoms with Gasteiger partial charge in [0.25, 0.3) is 0 Å². The zero-order valence-electron chi connectivity index (χ0n) is 10.1. The average molecular weight is 225 g/mol. The number of amides is 1. The lowest BCUT2D eigenvalue weighted by molar-refractivity contribution is -0.120. The molecule has 0 aliphatic carbocycles.